The van der Waals surface area contributed by atoms with E-state index in [9.17, 15) is 10.2 Å². The zero-order valence-corrected chi connectivity index (χ0v) is 21.9. The van der Waals surface area contributed by atoms with E-state index in [-0.39, 0.29) is 17.4 Å². The molecule has 2 N–H and O–H groups in total. The lowest BCUT2D eigenvalue weighted by Gasteiger charge is -2.61. The van der Waals surface area contributed by atoms with Crippen LogP contribution in [-0.2, 0) is 4.74 Å². The van der Waals surface area contributed by atoms with Crippen molar-refractivity contribution in [3.8, 4) is 0 Å². The summed E-state index contributed by atoms with van der Waals surface area (Å²) in [4.78, 5) is 1.33. The first-order valence-electron chi connectivity index (χ1n) is 13.2. The second kappa shape index (κ2) is 7.39. The summed E-state index contributed by atoms with van der Waals surface area (Å²) in [6.07, 6.45) is 11.4. The molecule has 7 rings (SSSR count). The van der Waals surface area contributed by atoms with Gasteiger partial charge in [0.15, 0.2) is 0 Å². The van der Waals surface area contributed by atoms with Gasteiger partial charge < -0.3 is 19.8 Å². The van der Waals surface area contributed by atoms with Gasteiger partial charge in [-0.1, -0.05) is 31.2 Å². The van der Waals surface area contributed by atoms with Crippen LogP contribution in [0.25, 0.3) is 16.3 Å². The van der Waals surface area contributed by atoms with Gasteiger partial charge in [0, 0.05) is 22.7 Å². The molecule has 0 amide bonds. The molecule has 1 aromatic heterocycles. The molecule has 8 unspecified atom stereocenters. The molecule has 0 radical (unpaired) electrons. The Kier molecular flexibility index (Phi) is 4.78. The van der Waals surface area contributed by atoms with E-state index in [0.29, 0.717) is 6.42 Å². The third kappa shape index (κ3) is 2.77. The van der Waals surface area contributed by atoms with Gasteiger partial charge >= 0.3 is 0 Å². The van der Waals surface area contributed by atoms with Crippen molar-refractivity contribution in [2.75, 3.05) is 14.1 Å². The Labute approximate surface area is 217 Å². The van der Waals surface area contributed by atoms with Crippen LogP contribution >= 0.6 is 11.6 Å². The first-order valence-corrected chi connectivity index (χ1v) is 13.6. The molecule has 3 fully saturated rings. The number of alkyl halides is 1. The zero-order chi connectivity index (χ0) is 25.1. The number of nitrogens with zero attached hydrogens (tertiary/aromatic N) is 3. The van der Waals surface area contributed by atoms with Gasteiger partial charge in [-0.3, -0.25) is 0 Å². The minimum absolute atomic E-state index is 0.0584. The van der Waals surface area contributed by atoms with E-state index >= 15 is 0 Å². The molecule has 5 aliphatic rings. The maximum absolute atomic E-state index is 11.2. The van der Waals surface area contributed by atoms with Crippen LogP contribution in [0, 0.1) is 11.3 Å². The van der Waals surface area contributed by atoms with Crippen molar-refractivity contribution in [2.45, 2.75) is 79.8 Å². The molecule has 7 heteroatoms. The van der Waals surface area contributed by atoms with E-state index in [2.05, 4.69) is 47.5 Å². The number of aliphatic hydroxyl groups excluding tert-OH is 2. The van der Waals surface area contributed by atoms with Crippen molar-refractivity contribution in [1.29, 1.82) is 0 Å². The molecular formula is C29H34ClN3O3. The Morgan fingerprint density at radius 1 is 1.06 bits per heavy atom. The molecule has 36 heavy (non-hydrogen) atoms. The predicted octanol–water partition coefficient (Wildman–Crippen LogP) is 4.09. The highest BCUT2D eigenvalue weighted by molar-refractivity contribution is 6.26. The summed E-state index contributed by atoms with van der Waals surface area (Å²) in [5.41, 5.74) is 2.31. The summed E-state index contributed by atoms with van der Waals surface area (Å²) in [7, 11) is 3.93. The fourth-order valence-electron chi connectivity index (χ4n) is 8.59. The standard InChI is InChI=1S/C29H34ClN3O3/c1-26-8-10-28(30)13-21-24(34)25(35)22(33(2)3)14-27(21)9-11-29(28,36-27)23(26)7-6-20(26)17-4-5-18-15-31-32-16-19(18)12-17/h4-6,12-13,15-16,22-25,34-35H,7-11,14H2,1-3H3. The maximum Gasteiger partial charge on any atom is 0.105 e. The smallest absolute Gasteiger partial charge is 0.105 e. The van der Waals surface area contributed by atoms with Gasteiger partial charge in [-0.15, -0.1) is 11.6 Å². The SMILES string of the molecule is CN(C)C1CC23CCC4(O2)C2CC=C(c5ccc6cnncc6c5)C2(C)CCC4(Cl)C=C3C(O)C1O. The molecule has 8 atom stereocenters. The molecule has 190 valence electrons. The van der Waals surface area contributed by atoms with Crippen LogP contribution in [0.4, 0.5) is 0 Å². The summed E-state index contributed by atoms with van der Waals surface area (Å²) < 4.78 is 7.27. The summed E-state index contributed by atoms with van der Waals surface area (Å²) >= 11 is 7.55. The first kappa shape index (κ1) is 23.3. The van der Waals surface area contributed by atoms with Crippen molar-refractivity contribution in [3.63, 3.8) is 0 Å². The molecule has 1 aromatic carbocycles. The lowest BCUT2D eigenvalue weighted by molar-refractivity contribution is -0.199. The average Bonchev–Trinajstić information content (AvgIpc) is 3.39. The largest absolute Gasteiger partial charge is 0.388 e. The van der Waals surface area contributed by atoms with E-state index in [1.165, 1.54) is 11.1 Å². The number of aromatic nitrogens is 2. The van der Waals surface area contributed by atoms with Crippen molar-refractivity contribution in [1.82, 2.24) is 15.1 Å². The maximum atomic E-state index is 11.2. The highest BCUT2D eigenvalue weighted by Gasteiger charge is 2.73. The number of fused-ring (bicyclic) bond motifs is 2. The Balaban J connectivity index is 1.30. The van der Waals surface area contributed by atoms with Crippen molar-refractivity contribution in [2.24, 2.45) is 11.3 Å². The number of benzene rings is 1. The molecule has 1 saturated heterocycles. The Morgan fingerprint density at radius 2 is 1.83 bits per heavy atom. The molecule has 2 spiro atoms. The highest BCUT2D eigenvalue weighted by atomic mass is 35.5. The topological polar surface area (TPSA) is 78.7 Å². The van der Waals surface area contributed by atoms with Gasteiger partial charge in [-0.2, -0.15) is 10.2 Å². The minimum atomic E-state index is -0.954. The average molecular weight is 508 g/mol. The Bertz CT molecular complexity index is 1330. The Morgan fingerprint density at radius 3 is 2.61 bits per heavy atom. The fraction of sp³-hybridized carbons (Fsp3) is 0.586. The van der Waals surface area contributed by atoms with Crippen LogP contribution in [0.1, 0.15) is 51.0 Å². The number of hydrogen-bond acceptors (Lipinski definition) is 6. The second-order valence-electron chi connectivity index (χ2n) is 12.3. The molecule has 2 bridgehead atoms. The van der Waals surface area contributed by atoms with E-state index in [1.54, 1.807) is 0 Å². The first-order chi connectivity index (χ1) is 17.1. The molecule has 6 nitrogen and oxygen atoms in total. The summed E-state index contributed by atoms with van der Waals surface area (Å²) in [6.45, 7) is 2.40. The van der Waals surface area contributed by atoms with E-state index in [1.807, 2.05) is 31.4 Å². The monoisotopic (exact) mass is 507 g/mol. The fourth-order valence-corrected chi connectivity index (χ4v) is 9.07. The van der Waals surface area contributed by atoms with Crippen LogP contribution < -0.4 is 0 Å². The second-order valence-corrected chi connectivity index (χ2v) is 12.9. The predicted molar refractivity (Wildman–Crippen MR) is 140 cm³/mol. The van der Waals surface area contributed by atoms with E-state index < -0.39 is 28.3 Å². The van der Waals surface area contributed by atoms with Crippen LogP contribution in [0.3, 0.4) is 0 Å². The Hall–Kier alpha value is -1.83. The van der Waals surface area contributed by atoms with Crippen LogP contribution in [-0.4, -0.2) is 73.7 Å². The molecule has 2 aromatic rings. The lowest BCUT2D eigenvalue weighted by Crippen LogP contribution is -2.68. The van der Waals surface area contributed by atoms with Gasteiger partial charge in [-0.25, -0.2) is 0 Å². The molecule has 3 aliphatic carbocycles. The number of ether oxygens (including phenoxy) is 1. The minimum Gasteiger partial charge on any atom is -0.388 e. The summed E-state index contributed by atoms with van der Waals surface area (Å²) in [5.74, 6) is 0.247. The number of rotatable bonds is 2. The van der Waals surface area contributed by atoms with Crippen molar-refractivity contribution in [3.05, 3.63) is 53.9 Å². The van der Waals surface area contributed by atoms with E-state index in [0.717, 1.165) is 48.4 Å². The highest BCUT2D eigenvalue weighted by Crippen LogP contribution is 2.71. The van der Waals surface area contributed by atoms with Crippen LogP contribution in [0.5, 0.6) is 0 Å². The number of halogens is 1. The third-order valence-electron chi connectivity index (χ3n) is 10.5. The number of allylic oxidation sites excluding steroid dienone is 2. The number of aliphatic hydroxyl groups is 2. The summed E-state index contributed by atoms with van der Waals surface area (Å²) in [6, 6.07) is 6.42. The molecule has 3 heterocycles. The van der Waals surface area contributed by atoms with Gasteiger partial charge in [0.2, 0.25) is 0 Å². The van der Waals surface area contributed by atoms with Crippen LogP contribution in [0.2, 0.25) is 0 Å². The third-order valence-corrected chi connectivity index (χ3v) is 11.1. The van der Waals surface area contributed by atoms with E-state index in [4.69, 9.17) is 16.3 Å². The molecular weight excluding hydrogens is 474 g/mol. The number of hydrogen-bond donors (Lipinski definition) is 2. The number of likely N-dealkylation sites (N-methyl/N-ethyl adjacent to an activating group) is 1. The van der Waals surface area contributed by atoms with Crippen molar-refractivity contribution >= 4 is 27.9 Å². The molecule has 2 saturated carbocycles. The zero-order valence-electron chi connectivity index (χ0n) is 21.1. The quantitative estimate of drug-likeness (QED) is 0.471. The normalized spacial score (nSPS) is 45.2. The van der Waals surface area contributed by atoms with Crippen molar-refractivity contribution < 1.29 is 14.9 Å². The molecule has 2 aliphatic heterocycles. The van der Waals surface area contributed by atoms with Crippen LogP contribution in [0.15, 0.2) is 48.3 Å². The van der Waals surface area contributed by atoms with Gasteiger partial charge in [0.25, 0.3) is 0 Å². The van der Waals surface area contributed by atoms with Gasteiger partial charge in [0.1, 0.15) is 6.10 Å². The van der Waals surface area contributed by atoms with Gasteiger partial charge in [-0.05, 0) is 80.8 Å². The van der Waals surface area contributed by atoms with Gasteiger partial charge in [0.05, 0.1) is 34.6 Å². The lowest BCUT2D eigenvalue weighted by atomic mass is 9.54. The summed E-state index contributed by atoms with van der Waals surface area (Å²) in [5, 5.41) is 32.4.